The lowest BCUT2D eigenvalue weighted by atomic mass is 9.92. The van der Waals surface area contributed by atoms with Crippen molar-refractivity contribution in [3.05, 3.63) is 0 Å². The Bertz CT molecular complexity index is 331. The first-order chi connectivity index (χ1) is 8.49. The van der Waals surface area contributed by atoms with Crippen LogP contribution < -0.4 is 0 Å². The molecule has 6 heteroatoms. The Balaban J connectivity index is 1.77. The predicted molar refractivity (Wildman–Crippen MR) is 64.1 cm³/mol. The van der Waals surface area contributed by atoms with Crippen LogP contribution in [-0.2, 0) is 4.79 Å². The summed E-state index contributed by atoms with van der Waals surface area (Å²) < 4.78 is 0. The fourth-order valence-electron chi connectivity index (χ4n) is 2.56. The number of carbonyl (C=O) groups is 2. The Morgan fingerprint density at radius 2 is 1.72 bits per heavy atom. The molecule has 2 N–H and O–H groups in total. The SMILES string of the molecule is CC(O)C1CCN(C(=O)N2CC(C(=O)O)C2)CC1. The molecule has 0 radical (unpaired) electrons. The van der Waals surface area contributed by atoms with Crippen LogP contribution in [0.3, 0.4) is 0 Å². The molecule has 2 saturated heterocycles. The van der Waals surface area contributed by atoms with Crippen LogP contribution in [-0.4, -0.2) is 64.3 Å². The Labute approximate surface area is 106 Å². The molecule has 2 rings (SSSR count). The average molecular weight is 256 g/mol. The number of carbonyl (C=O) groups excluding carboxylic acids is 1. The number of aliphatic carboxylic acids is 1. The topological polar surface area (TPSA) is 81.1 Å². The molecule has 0 saturated carbocycles. The van der Waals surface area contributed by atoms with E-state index in [9.17, 15) is 14.7 Å². The standard InChI is InChI=1S/C12H20N2O4/c1-8(15)9-2-4-13(5-3-9)12(18)14-6-10(7-14)11(16)17/h8-10,15H,2-7H2,1H3,(H,16,17). The second kappa shape index (κ2) is 5.14. The molecule has 1 atom stereocenters. The number of aliphatic hydroxyl groups excluding tert-OH is 1. The normalized spacial score (nSPS) is 23.7. The zero-order chi connectivity index (χ0) is 13.3. The first-order valence-electron chi connectivity index (χ1n) is 6.43. The zero-order valence-electron chi connectivity index (χ0n) is 10.6. The summed E-state index contributed by atoms with van der Waals surface area (Å²) in [6.07, 6.45) is 1.32. The lowest BCUT2D eigenvalue weighted by Gasteiger charge is -2.42. The highest BCUT2D eigenvalue weighted by Gasteiger charge is 2.38. The highest BCUT2D eigenvalue weighted by Crippen LogP contribution is 2.24. The molecule has 2 aliphatic heterocycles. The van der Waals surface area contributed by atoms with Gasteiger partial charge in [-0.05, 0) is 25.7 Å². The molecule has 0 aromatic rings. The number of rotatable bonds is 2. The van der Waals surface area contributed by atoms with Gasteiger partial charge in [0, 0.05) is 26.2 Å². The van der Waals surface area contributed by atoms with Gasteiger partial charge < -0.3 is 20.0 Å². The predicted octanol–water partition coefficient (Wildman–Crippen LogP) is 0.216. The molecule has 0 aliphatic carbocycles. The molecule has 0 aromatic heterocycles. The number of carboxylic acids is 1. The van der Waals surface area contributed by atoms with Gasteiger partial charge in [0.05, 0.1) is 12.0 Å². The van der Waals surface area contributed by atoms with Crippen molar-refractivity contribution in [2.24, 2.45) is 11.8 Å². The van der Waals surface area contributed by atoms with Crippen molar-refractivity contribution in [2.45, 2.75) is 25.9 Å². The lowest BCUT2D eigenvalue weighted by Crippen LogP contribution is -2.58. The van der Waals surface area contributed by atoms with Crippen LogP contribution in [0.25, 0.3) is 0 Å². The van der Waals surface area contributed by atoms with Crippen LogP contribution in [0, 0.1) is 11.8 Å². The van der Waals surface area contributed by atoms with Crippen molar-refractivity contribution in [2.75, 3.05) is 26.2 Å². The molecule has 2 heterocycles. The third-order valence-electron chi connectivity index (χ3n) is 3.99. The van der Waals surface area contributed by atoms with Crippen molar-refractivity contribution in [1.29, 1.82) is 0 Å². The number of aliphatic hydroxyl groups is 1. The molecule has 1 unspecified atom stereocenters. The Kier molecular flexibility index (Phi) is 3.75. The van der Waals surface area contributed by atoms with Crippen molar-refractivity contribution < 1.29 is 19.8 Å². The highest BCUT2D eigenvalue weighted by molar-refractivity contribution is 5.79. The van der Waals surface area contributed by atoms with E-state index in [4.69, 9.17) is 5.11 Å². The van der Waals surface area contributed by atoms with Gasteiger partial charge in [-0.3, -0.25) is 4.79 Å². The third kappa shape index (κ3) is 2.58. The van der Waals surface area contributed by atoms with Crippen LogP contribution in [0.5, 0.6) is 0 Å². The van der Waals surface area contributed by atoms with E-state index in [1.807, 2.05) is 0 Å². The fourth-order valence-corrected chi connectivity index (χ4v) is 2.56. The number of urea groups is 1. The van der Waals surface area contributed by atoms with Crippen LogP contribution >= 0.6 is 0 Å². The maximum absolute atomic E-state index is 12.0. The lowest BCUT2D eigenvalue weighted by molar-refractivity contribution is -0.146. The molecule has 0 bridgehead atoms. The number of carboxylic acid groups (broad SMARTS) is 1. The second-order valence-corrected chi connectivity index (χ2v) is 5.29. The molecule has 102 valence electrons. The van der Waals surface area contributed by atoms with Crippen molar-refractivity contribution >= 4 is 12.0 Å². The number of nitrogens with zero attached hydrogens (tertiary/aromatic N) is 2. The van der Waals surface area contributed by atoms with Gasteiger partial charge in [0.15, 0.2) is 0 Å². The number of hydrogen-bond donors (Lipinski definition) is 2. The quantitative estimate of drug-likeness (QED) is 0.740. The molecule has 18 heavy (non-hydrogen) atoms. The first-order valence-corrected chi connectivity index (χ1v) is 6.43. The Morgan fingerprint density at radius 1 is 1.17 bits per heavy atom. The van der Waals surface area contributed by atoms with E-state index >= 15 is 0 Å². The van der Waals surface area contributed by atoms with Gasteiger partial charge in [-0.25, -0.2) is 4.79 Å². The molecule has 0 spiro atoms. The number of piperidine rings is 1. The van der Waals surface area contributed by atoms with E-state index in [0.29, 0.717) is 26.2 Å². The van der Waals surface area contributed by atoms with Gasteiger partial charge >= 0.3 is 12.0 Å². The third-order valence-corrected chi connectivity index (χ3v) is 3.99. The summed E-state index contributed by atoms with van der Waals surface area (Å²) in [5.41, 5.74) is 0. The van der Waals surface area contributed by atoms with E-state index in [1.165, 1.54) is 0 Å². The van der Waals surface area contributed by atoms with Gasteiger partial charge in [0.2, 0.25) is 0 Å². The van der Waals surface area contributed by atoms with Gasteiger partial charge in [0.1, 0.15) is 0 Å². The summed E-state index contributed by atoms with van der Waals surface area (Å²) >= 11 is 0. The van der Waals surface area contributed by atoms with Crippen molar-refractivity contribution in [3.8, 4) is 0 Å². The van der Waals surface area contributed by atoms with Crippen LogP contribution in [0.1, 0.15) is 19.8 Å². The van der Waals surface area contributed by atoms with Crippen LogP contribution in [0.2, 0.25) is 0 Å². The second-order valence-electron chi connectivity index (χ2n) is 5.29. The number of likely N-dealkylation sites (tertiary alicyclic amines) is 2. The molecular formula is C12H20N2O4. The van der Waals surface area contributed by atoms with E-state index in [1.54, 1.807) is 16.7 Å². The average Bonchev–Trinajstić information content (AvgIpc) is 2.26. The van der Waals surface area contributed by atoms with E-state index in [-0.39, 0.29) is 18.1 Å². The molecule has 6 nitrogen and oxygen atoms in total. The van der Waals surface area contributed by atoms with E-state index in [0.717, 1.165) is 12.8 Å². The minimum absolute atomic E-state index is 0.0588. The summed E-state index contributed by atoms with van der Waals surface area (Å²) in [7, 11) is 0. The molecule has 2 aliphatic rings. The Hall–Kier alpha value is -1.30. The summed E-state index contributed by atoms with van der Waals surface area (Å²) in [4.78, 5) is 26.0. The number of amides is 2. The van der Waals surface area contributed by atoms with Crippen molar-refractivity contribution in [1.82, 2.24) is 9.80 Å². The smallest absolute Gasteiger partial charge is 0.320 e. The summed E-state index contributed by atoms with van der Waals surface area (Å²) in [5.74, 6) is -0.951. The molecular weight excluding hydrogens is 236 g/mol. The molecule has 0 aromatic carbocycles. The first kappa shape index (κ1) is 13.1. The van der Waals surface area contributed by atoms with Crippen molar-refractivity contribution in [3.63, 3.8) is 0 Å². The summed E-state index contributed by atoms with van der Waals surface area (Å²) in [6, 6.07) is -0.0588. The fraction of sp³-hybridized carbons (Fsp3) is 0.833. The summed E-state index contributed by atoms with van der Waals surface area (Å²) in [6.45, 7) is 3.75. The van der Waals surface area contributed by atoms with Gasteiger partial charge in [-0.15, -0.1) is 0 Å². The van der Waals surface area contributed by atoms with E-state index in [2.05, 4.69) is 0 Å². The largest absolute Gasteiger partial charge is 0.481 e. The van der Waals surface area contributed by atoms with Gasteiger partial charge in [-0.2, -0.15) is 0 Å². The van der Waals surface area contributed by atoms with Gasteiger partial charge in [-0.1, -0.05) is 0 Å². The monoisotopic (exact) mass is 256 g/mol. The Morgan fingerprint density at radius 3 is 2.17 bits per heavy atom. The minimum Gasteiger partial charge on any atom is -0.481 e. The minimum atomic E-state index is -0.827. The van der Waals surface area contributed by atoms with Crippen LogP contribution in [0.4, 0.5) is 4.79 Å². The van der Waals surface area contributed by atoms with E-state index < -0.39 is 11.9 Å². The van der Waals surface area contributed by atoms with Crippen LogP contribution in [0.15, 0.2) is 0 Å². The maximum Gasteiger partial charge on any atom is 0.320 e. The summed E-state index contributed by atoms with van der Waals surface area (Å²) in [5, 5.41) is 18.2. The van der Waals surface area contributed by atoms with Gasteiger partial charge in [0.25, 0.3) is 0 Å². The maximum atomic E-state index is 12.0. The zero-order valence-corrected chi connectivity index (χ0v) is 10.6. The molecule has 2 fully saturated rings. The molecule has 2 amide bonds. The highest BCUT2D eigenvalue weighted by atomic mass is 16.4. The number of hydrogen-bond acceptors (Lipinski definition) is 3.